The summed E-state index contributed by atoms with van der Waals surface area (Å²) in [5.74, 6) is -0.600. The van der Waals surface area contributed by atoms with E-state index in [-0.39, 0.29) is 0 Å². The van der Waals surface area contributed by atoms with Crippen LogP contribution < -0.4 is 21.1 Å². The predicted molar refractivity (Wildman–Crippen MR) is 88.5 cm³/mol. The van der Waals surface area contributed by atoms with Crippen molar-refractivity contribution in [2.24, 2.45) is 11.1 Å². The Labute approximate surface area is 138 Å². The minimum Gasteiger partial charge on any atom is -0.481 e. The quantitative estimate of drug-likeness (QED) is 0.700. The Morgan fingerprint density at radius 2 is 2.04 bits per heavy atom. The van der Waals surface area contributed by atoms with Crippen LogP contribution in [0.15, 0.2) is 24.4 Å². The number of nitrogens with zero attached hydrogens (tertiary/aromatic N) is 2. The van der Waals surface area contributed by atoms with Gasteiger partial charge in [-0.2, -0.15) is 0 Å². The minimum atomic E-state index is -1.21. The van der Waals surface area contributed by atoms with E-state index in [4.69, 9.17) is 10.5 Å². The molecule has 3 heterocycles. The molecule has 2 amide bonds. The lowest BCUT2D eigenvalue weighted by Gasteiger charge is -2.33. The first-order chi connectivity index (χ1) is 11.6. The predicted octanol–water partition coefficient (Wildman–Crippen LogP) is 0.432. The summed E-state index contributed by atoms with van der Waals surface area (Å²) < 4.78 is 5.12. The summed E-state index contributed by atoms with van der Waals surface area (Å²) in [7, 11) is 1.51. The van der Waals surface area contributed by atoms with E-state index in [0.29, 0.717) is 48.5 Å². The number of carbonyl (C=O) groups is 2. The zero-order chi connectivity index (χ0) is 17.2. The van der Waals surface area contributed by atoms with Crippen molar-refractivity contribution in [3.63, 3.8) is 0 Å². The highest BCUT2D eigenvalue weighted by molar-refractivity contribution is 6.12. The van der Waals surface area contributed by atoms with Crippen LogP contribution in [0.5, 0.6) is 5.88 Å². The molecule has 126 valence electrons. The van der Waals surface area contributed by atoms with Crippen molar-refractivity contribution in [1.29, 1.82) is 0 Å². The molecule has 3 rings (SSSR count). The first kappa shape index (κ1) is 16.1. The van der Waals surface area contributed by atoms with E-state index in [1.807, 2.05) is 0 Å². The van der Waals surface area contributed by atoms with Gasteiger partial charge in [0, 0.05) is 12.3 Å². The maximum absolute atomic E-state index is 12.8. The highest BCUT2D eigenvalue weighted by Crippen LogP contribution is 2.31. The minimum absolute atomic E-state index is 0.369. The van der Waals surface area contributed by atoms with E-state index in [0.717, 1.165) is 0 Å². The first-order valence-electron chi connectivity index (χ1n) is 7.69. The van der Waals surface area contributed by atoms with Crippen LogP contribution in [-0.4, -0.2) is 42.0 Å². The first-order valence-corrected chi connectivity index (χ1v) is 7.69. The summed E-state index contributed by atoms with van der Waals surface area (Å²) in [4.78, 5) is 33.3. The highest BCUT2D eigenvalue weighted by atomic mass is 16.5. The molecule has 0 spiro atoms. The fourth-order valence-electron chi connectivity index (χ4n) is 2.90. The van der Waals surface area contributed by atoms with Crippen LogP contribution in [0.1, 0.15) is 12.8 Å². The molecule has 0 unspecified atom stereocenters. The zero-order valence-electron chi connectivity index (χ0n) is 13.3. The number of methoxy groups -OCH3 is 1. The van der Waals surface area contributed by atoms with Gasteiger partial charge in [-0.1, -0.05) is 0 Å². The van der Waals surface area contributed by atoms with Crippen LogP contribution in [0.4, 0.5) is 5.69 Å². The Morgan fingerprint density at radius 3 is 2.71 bits per heavy atom. The molecule has 0 radical (unpaired) electrons. The molecule has 1 aliphatic rings. The second-order valence-electron chi connectivity index (χ2n) is 5.73. The molecule has 0 aromatic carbocycles. The monoisotopic (exact) mass is 329 g/mol. The third kappa shape index (κ3) is 2.76. The molecule has 0 saturated carbocycles. The van der Waals surface area contributed by atoms with Crippen molar-refractivity contribution >= 4 is 28.5 Å². The number of fused-ring (bicyclic) bond motifs is 1. The fourth-order valence-corrected chi connectivity index (χ4v) is 2.90. The molecule has 1 aliphatic heterocycles. The zero-order valence-corrected chi connectivity index (χ0v) is 13.3. The topological polar surface area (TPSA) is 119 Å². The number of ether oxygens (including phenoxy) is 1. The summed E-state index contributed by atoms with van der Waals surface area (Å²) in [6, 6.07) is 5.09. The number of pyridine rings is 2. The molecular weight excluding hydrogens is 310 g/mol. The number of anilines is 1. The Bertz CT molecular complexity index is 786. The number of nitrogens with two attached hydrogens (primary N) is 1. The van der Waals surface area contributed by atoms with Crippen molar-refractivity contribution in [1.82, 2.24) is 15.3 Å². The maximum atomic E-state index is 12.8. The number of nitrogens with one attached hydrogen (secondary N) is 2. The van der Waals surface area contributed by atoms with Gasteiger partial charge in [-0.05, 0) is 38.1 Å². The lowest BCUT2D eigenvalue weighted by molar-refractivity contribution is -0.140. The molecule has 8 nitrogen and oxygen atoms in total. The molecule has 2 aromatic rings. The molecule has 2 aromatic heterocycles. The van der Waals surface area contributed by atoms with Gasteiger partial charge in [-0.15, -0.1) is 0 Å². The van der Waals surface area contributed by atoms with Crippen molar-refractivity contribution in [3.8, 4) is 5.88 Å². The number of piperidine rings is 1. The van der Waals surface area contributed by atoms with Crippen molar-refractivity contribution in [2.75, 3.05) is 25.5 Å². The molecule has 0 atom stereocenters. The Balaban J connectivity index is 1.96. The van der Waals surface area contributed by atoms with E-state index in [2.05, 4.69) is 20.6 Å². The average Bonchev–Trinajstić information content (AvgIpc) is 2.62. The molecule has 24 heavy (non-hydrogen) atoms. The number of primary amides is 1. The van der Waals surface area contributed by atoms with Gasteiger partial charge >= 0.3 is 0 Å². The number of amides is 2. The number of carbonyl (C=O) groups excluding carboxylic acids is 2. The summed E-state index contributed by atoms with van der Waals surface area (Å²) >= 11 is 0. The standard InChI is InChI=1S/C16H19N5O3/c1-24-12-3-2-10-13(21-12)11(4-7-19-10)20-15(23)16(14(17)22)5-8-18-9-6-16/h2-4,7,18H,5-6,8-9H2,1H3,(H2,17,22)(H,19,20,23). The third-order valence-corrected chi connectivity index (χ3v) is 4.38. The van der Waals surface area contributed by atoms with Crippen molar-refractivity contribution in [2.45, 2.75) is 12.8 Å². The Morgan fingerprint density at radius 1 is 1.29 bits per heavy atom. The Hall–Kier alpha value is -2.74. The van der Waals surface area contributed by atoms with Crippen molar-refractivity contribution < 1.29 is 14.3 Å². The Kier molecular flexibility index (Phi) is 4.30. The normalized spacial score (nSPS) is 16.5. The van der Waals surface area contributed by atoms with E-state index in [1.165, 1.54) is 7.11 Å². The van der Waals surface area contributed by atoms with Crippen LogP contribution in [0.2, 0.25) is 0 Å². The second-order valence-corrected chi connectivity index (χ2v) is 5.73. The summed E-state index contributed by atoms with van der Waals surface area (Å²) in [6.07, 6.45) is 2.31. The van der Waals surface area contributed by atoms with Gasteiger partial charge in [0.05, 0.1) is 18.3 Å². The molecular formula is C16H19N5O3. The van der Waals surface area contributed by atoms with Crippen LogP contribution in [0.3, 0.4) is 0 Å². The van der Waals surface area contributed by atoms with Gasteiger partial charge in [-0.25, -0.2) is 4.98 Å². The van der Waals surface area contributed by atoms with Crippen LogP contribution in [0, 0.1) is 5.41 Å². The second kappa shape index (κ2) is 6.40. The number of hydrogen-bond donors (Lipinski definition) is 3. The summed E-state index contributed by atoms with van der Waals surface area (Å²) in [5.41, 5.74) is 5.92. The molecule has 1 saturated heterocycles. The van der Waals surface area contributed by atoms with Gasteiger partial charge in [0.25, 0.3) is 0 Å². The number of aromatic nitrogens is 2. The van der Waals surface area contributed by atoms with Gasteiger partial charge in [-0.3, -0.25) is 14.6 Å². The number of hydrogen-bond acceptors (Lipinski definition) is 6. The largest absolute Gasteiger partial charge is 0.481 e. The summed E-state index contributed by atoms with van der Waals surface area (Å²) in [6.45, 7) is 1.14. The van der Waals surface area contributed by atoms with Gasteiger partial charge < -0.3 is 21.1 Å². The van der Waals surface area contributed by atoms with E-state index in [1.54, 1.807) is 24.4 Å². The number of rotatable bonds is 4. The smallest absolute Gasteiger partial charge is 0.240 e. The van der Waals surface area contributed by atoms with E-state index >= 15 is 0 Å². The van der Waals surface area contributed by atoms with Gasteiger partial charge in [0.2, 0.25) is 17.7 Å². The SMILES string of the molecule is COc1ccc2nccc(NC(=O)C3(C(N)=O)CCNCC3)c2n1. The van der Waals surface area contributed by atoms with E-state index < -0.39 is 17.2 Å². The molecule has 0 aliphatic carbocycles. The fraction of sp³-hybridized carbons (Fsp3) is 0.375. The molecule has 8 heteroatoms. The highest BCUT2D eigenvalue weighted by Gasteiger charge is 2.45. The van der Waals surface area contributed by atoms with Crippen LogP contribution in [-0.2, 0) is 9.59 Å². The van der Waals surface area contributed by atoms with Gasteiger partial charge in [0.1, 0.15) is 10.9 Å². The summed E-state index contributed by atoms with van der Waals surface area (Å²) in [5, 5.41) is 5.93. The third-order valence-electron chi connectivity index (χ3n) is 4.38. The van der Waals surface area contributed by atoms with Crippen LogP contribution in [0.25, 0.3) is 11.0 Å². The lowest BCUT2D eigenvalue weighted by atomic mass is 9.77. The van der Waals surface area contributed by atoms with Crippen molar-refractivity contribution in [3.05, 3.63) is 24.4 Å². The average molecular weight is 329 g/mol. The molecule has 4 N–H and O–H groups in total. The lowest BCUT2D eigenvalue weighted by Crippen LogP contribution is -2.52. The molecule has 1 fully saturated rings. The molecule has 0 bridgehead atoms. The maximum Gasteiger partial charge on any atom is 0.240 e. The van der Waals surface area contributed by atoms with Gasteiger partial charge in [0.15, 0.2) is 0 Å². The van der Waals surface area contributed by atoms with Crippen LogP contribution >= 0.6 is 0 Å². The van der Waals surface area contributed by atoms with E-state index in [9.17, 15) is 9.59 Å².